The van der Waals surface area contributed by atoms with Gasteiger partial charge in [-0.05, 0) is 74.7 Å². The molecular formula is C28H36FN5O3S. The lowest BCUT2D eigenvalue weighted by atomic mass is 9.95. The summed E-state index contributed by atoms with van der Waals surface area (Å²) in [6.07, 6.45) is 9.31. The van der Waals surface area contributed by atoms with Crippen LogP contribution in [0, 0.1) is 0 Å². The monoisotopic (exact) mass is 541 g/mol. The Labute approximate surface area is 223 Å². The number of benzene rings is 2. The van der Waals surface area contributed by atoms with E-state index in [-0.39, 0.29) is 23.0 Å². The topological polar surface area (TPSA) is 96.3 Å². The molecule has 1 saturated heterocycles. The van der Waals surface area contributed by atoms with Gasteiger partial charge in [0.15, 0.2) is 0 Å². The van der Waals surface area contributed by atoms with E-state index in [1.807, 2.05) is 0 Å². The van der Waals surface area contributed by atoms with Crippen molar-refractivity contribution in [1.29, 1.82) is 0 Å². The summed E-state index contributed by atoms with van der Waals surface area (Å²) in [5.74, 6) is 0.0456. The van der Waals surface area contributed by atoms with Gasteiger partial charge >= 0.3 is 0 Å². The molecule has 0 atom stereocenters. The van der Waals surface area contributed by atoms with Crippen LogP contribution in [0.4, 0.5) is 10.3 Å². The van der Waals surface area contributed by atoms with Gasteiger partial charge in [-0.3, -0.25) is 15.0 Å². The van der Waals surface area contributed by atoms with Gasteiger partial charge in [0, 0.05) is 24.7 Å². The molecule has 204 valence electrons. The summed E-state index contributed by atoms with van der Waals surface area (Å²) in [5.41, 5.74) is 3.26. The molecule has 0 spiro atoms. The number of piperidine rings is 1. The SMILES string of the molecule is O=C(Nc1nc2cc(CN3CCCCC3)ccc2n1C1CCCCC1)c1cccc(S(=O)(=O)NCCF)c1. The third kappa shape index (κ3) is 6.08. The number of rotatable bonds is 9. The van der Waals surface area contributed by atoms with Crippen molar-refractivity contribution in [1.82, 2.24) is 19.2 Å². The first-order valence-electron chi connectivity index (χ1n) is 13.6. The lowest BCUT2D eigenvalue weighted by Gasteiger charge is -2.26. The summed E-state index contributed by atoms with van der Waals surface area (Å²) < 4.78 is 41.7. The zero-order chi connectivity index (χ0) is 26.5. The molecule has 10 heteroatoms. The molecular weight excluding hydrogens is 505 g/mol. The molecule has 38 heavy (non-hydrogen) atoms. The van der Waals surface area contributed by atoms with Gasteiger partial charge in [-0.15, -0.1) is 0 Å². The molecule has 2 aromatic carbocycles. The molecule has 1 aliphatic heterocycles. The van der Waals surface area contributed by atoms with Crippen LogP contribution in [0.3, 0.4) is 0 Å². The van der Waals surface area contributed by atoms with Crippen LogP contribution in [-0.4, -0.2) is 55.1 Å². The van der Waals surface area contributed by atoms with Crippen molar-refractivity contribution in [2.24, 2.45) is 0 Å². The number of nitrogens with zero attached hydrogens (tertiary/aromatic N) is 3. The Bertz CT molecular complexity index is 1380. The van der Waals surface area contributed by atoms with E-state index in [1.165, 1.54) is 49.4 Å². The number of aromatic nitrogens is 2. The summed E-state index contributed by atoms with van der Waals surface area (Å²) in [4.78, 5) is 20.6. The second kappa shape index (κ2) is 11.9. The Morgan fingerprint density at radius 1 is 1.00 bits per heavy atom. The maximum absolute atomic E-state index is 13.3. The third-order valence-corrected chi connectivity index (χ3v) is 9.03. The number of imidazole rings is 1. The first kappa shape index (κ1) is 26.8. The number of sulfonamides is 1. The molecule has 3 aromatic rings. The Hall–Kier alpha value is -2.82. The fourth-order valence-electron chi connectivity index (χ4n) is 5.65. The van der Waals surface area contributed by atoms with E-state index in [0.29, 0.717) is 5.95 Å². The molecule has 2 heterocycles. The van der Waals surface area contributed by atoms with Gasteiger partial charge < -0.3 is 4.57 Å². The van der Waals surface area contributed by atoms with Crippen LogP contribution in [-0.2, 0) is 16.6 Å². The highest BCUT2D eigenvalue weighted by atomic mass is 32.2. The molecule has 1 amide bonds. The van der Waals surface area contributed by atoms with Crippen molar-refractivity contribution in [3.63, 3.8) is 0 Å². The molecule has 2 N–H and O–H groups in total. The average molecular weight is 542 g/mol. The van der Waals surface area contributed by atoms with Crippen molar-refractivity contribution in [3.05, 3.63) is 53.6 Å². The lowest BCUT2D eigenvalue weighted by molar-refractivity contribution is 0.102. The zero-order valence-electron chi connectivity index (χ0n) is 21.7. The number of amides is 1. The second-order valence-corrected chi connectivity index (χ2v) is 12.1. The first-order valence-corrected chi connectivity index (χ1v) is 15.1. The predicted molar refractivity (Wildman–Crippen MR) is 147 cm³/mol. The molecule has 2 fully saturated rings. The summed E-state index contributed by atoms with van der Waals surface area (Å²) in [7, 11) is -3.91. The summed E-state index contributed by atoms with van der Waals surface area (Å²) in [5, 5.41) is 2.96. The number of fused-ring (bicyclic) bond motifs is 1. The minimum absolute atomic E-state index is 0.0817. The summed E-state index contributed by atoms with van der Waals surface area (Å²) in [6.45, 7) is 2.01. The maximum Gasteiger partial charge on any atom is 0.258 e. The molecule has 2 aliphatic rings. The van der Waals surface area contributed by atoms with Gasteiger partial charge in [-0.2, -0.15) is 0 Å². The Morgan fingerprint density at radius 3 is 2.53 bits per heavy atom. The van der Waals surface area contributed by atoms with Crippen molar-refractivity contribution in [2.75, 3.05) is 31.6 Å². The second-order valence-electron chi connectivity index (χ2n) is 10.3. The van der Waals surface area contributed by atoms with Gasteiger partial charge in [0.2, 0.25) is 16.0 Å². The van der Waals surface area contributed by atoms with Gasteiger partial charge in [0.25, 0.3) is 5.91 Å². The number of alkyl halides is 1. The van der Waals surface area contributed by atoms with E-state index in [1.54, 1.807) is 6.07 Å². The molecule has 1 aliphatic carbocycles. The molecule has 1 saturated carbocycles. The minimum atomic E-state index is -3.91. The highest BCUT2D eigenvalue weighted by Gasteiger charge is 2.24. The van der Waals surface area contributed by atoms with Crippen LogP contribution in [0.2, 0.25) is 0 Å². The van der Waals surface area contributed by atoms with Crippen LogP contribution in [0.1, 0.15) is 73.3 Å². The number of nitrogens with one attached hydrogen (secondary N) is 2. The summed E-state index contributed by atoms with van der Waals surface area (Å²) in [6, 6.07) is 12.4. The van der Waals surface area contributed by atoms with Crippen molar-refractivity contribution >= 4 is 32.9 Å². The highest BCUT2D eigenvalue weighted by molar-refractivity contribution is 7.89. The van der Waals surface area contributed by atoms with Crippen molar-refractivity contribution < 1.29 is 17.6 Å². The minimum Gasteiger partial charge on any atom is -0.307 e. The van der Waals surface area contributed by atoms with Crippen LogP contribution in [0.15, 0.2) is 47.4 Å². The van der Waals surface area contributed by atoms with Crippen LogP contribution < -0.4 is 10.0 Å². The van der Waals surface area contributed by atoms with Gasteiger partial charge in [-0.1, -0.05) is 37.8 Å². The normalized spacial score (nSPS) is 17.6. The predicted octanol–water partition coefficient (Wildman–Crippen LogP) is 5.03. The molecule has 8 nitrogen and oxygen atoms in total. The smallest absolute Gasteiger partial charge is 0.258 e. The fourth-order valence-corrected chi connectivity index (χ4v) is 6.70. The van der Waals surface area contributed by atoms with Gasteiger partial charge in [-0.25, -0.2) is 22.5 Å². The Balaban J connectivity index is 1.43. The highest BCUT2D eigenvalue weighted by Crippen LogP contribution is 2.35. The molecule has 0 unspecified atom stereocenters. The number of carbonyl (C=O) groups excluding carboxylic acids is 1. The van der Waals surface area contributed by atoms with E-state index in [2.05, 4.69) is 37.7 Å². The van der Waals surface area contributed by atoms with E-state index in [0.717, 1.165) is 56.4 Å². The number of hydrogen-bond donors (Lipinski definition) is 2. The fraction of sp³-hybridized carbons (Fsp3) is 0.500. The summed E-state index contributed by atoms with van der Waals surface area (Å²) >= 11 is 0. The van der Waals surface area contributed by atoms with Crippen LogP contribution >= 0.6 is 0 Å². The van der Waals surface area contributed by atoms with Crippen LogP contribution in [0.25, 0.3) is 11.0 Å². The molecule has 5 rings (SSSR count). The largest absolute Gasteiger partial charge is 0.307 e. The van der Waals surface area contributed by atoms with E-state index < -0.39 is 22.6 Å². The maximum atomic E-state index is 13.3. The number of likely N-dealkylation sites (tertiary alicyclic amines) is 1. The van der Waals surface area contributed by atoms with Crippen molar-refractivity contribution in [3.8, 4) is 0 Å². The Kier molecular flexibility index (Phi) is 8.40. The average Bonchev–Trinajstić information content (AvgIpc) is 3.30. The van der Waals surface area contributed by atoms with Crippen molar-refractivity contribution in [2.45, 2.75) is 68.8 Å². The Morgan fingerprint density at radius 2 is 1.76 bits per heavy atom. The number of anilines is 1. The van der Waals surface area contributed by atoms with Gasteiger partial charge in [0.1, 0.15) is 6.67 Å². The molecule has 0 radical (unpaired) electrons. The van der Waals surface area contributed by atoms with Crippen LogP contribution in [0.5, 0.6) is 0 Å². The lowest BCUT2D eigenvalue weighted by Crippen LogP contribution is -2.29. The first-order chi connectivity index (χ1) is 18.4. The molecule has 1 aromatic heterocycles. The standard InChI is InChI=1S/C28H36FN5O3S/c29-14-15-30-38(36,37)24-11-7-8-22(19-24)27(35)32-28-31-25-18-21(20-33-16-5-2-6-17-33)12-13-26(25)34(28)23-9-3-1-4-10-23/h7-8,11-13,18-19,23,30H,1-6,9-10,14-17,20H2,(H,31,32,35). The van der Waals surface area contributed by atoms with E-state index in [9.17, 15) is 17.6 Å². The van der Waals surface area contributed by atoms with E-state index in [4.69, 9.17) is 4.98 Å². The third-order valence-electron chi connectivity index (χ3n) is 7.57. The van der Waals surface area contributed by atoms with Gasteiger partial charge in [0.05, 0.1) is 15.9 Å². The number of halogens is 1. The quantitative estimate of drug-likeness (QED) is 0.396. The molecule has 0 bridgehead atoms. The zero-order valence-corrected chi connectivity index (χ0v) is 22.5. The number of carbonyl (C=O) groups is 1. The number of hydrogen-bond acceptors (Lipinski definition) is 5. The van der Waals surface area contributed by atoms with E-state index >= 15 is 0 Å².